The second-order valence-electron chi connectivity index (χ2n) is 3.15. The molecule has 2 rings (SSSR count). The maximum absolute atomic E-state index is 9.44. The summed E-state index contributed by atoms with van der Waals surface area (Å²) in [5, 5.41) is 12.7. The average molecular weight is 113 g/mol. The Hall–Kier alpha value is -0.0800. The summed E-state index contributed by atoms with van der Waals surface area (Å²) < 4.78 is 0. The fourth-order valence-electron chi connectivity index (χ4n) is 1.64. The molecule has 46 valence electrons. The highest BCUT2D eigenvalue weighted by atomic mass is 16.3. The molecule has 2 nitrogen and oxygen atoms in total. The van der Waals surface area contributed by atoms with Gasteiger partial charge in [0.2, 0.25) is 0 Å². The molecule has 1 saturated heterocycles. The molecular formula is C6H11NO. The van der Waals surface area contributed by atoms with E-state index in [1.54, 1.807) is 0 Å². The molecule has 8 heavy (non-hydrogen) atoms. The highest BCUT2D eigenvalue weighted by molar-refractivity contribution is 5.14. The zero-order chi connectivity index (χ0) is 5.78. The summed E-state index contributed by atoms with van der Waals surface area (Å²) in [6.45, 7) is 1.91. The van der Waals surface area contributed by atoms with Gasteiger partial charge >= 0.3 is 0 Å². The van der Waals surface area contributed by atoms with Crippen LogP contribution in [0.15, 0.2) is 0 Å². The maximum Gasteiger partial charge on any atom is 0.0787 e. The summed E-state index contributed by atoms with van der Waals surface area (Å²) in [4.78, 5) is 0. The first kappa shape index (κ1) is 4.77. The van der Waals surface area contributed by atoms with Gasteiger partial charge in [-0.15, -0.1) is 0 Å². The third-order valence-electron chi connectivity index (χ3n) is 2.32. The number of fused-ring (bicyclic) bond motifs is 1. The van der Waals surface area contributed by atoms with Gasteiger partial charge in [-0.1, -0.05) is 0 Å². The van der Waals surface area contributed by atoms with Crippen LogP contribution in [-0.4, -0.2) is 22.8 Å². The van der Waals surface area contributed by atoms with Crippen molar-refractivity contribution in [1.29, 1.82) is 0 Å². The van der Waals surface area contributed by atoms with Crippen molar-refractivity contribution in [1.82, 2.24) is 5.32 Å². The molecule has 0 aromatic rings. The van der Waals surface area contributed by atoms with E-state index in [0.717, 1.165) is 12.8 Å². The molecule has 1 saturated carbocycles. The van der Waals surface area contributed by atoms with Crippen molar-refractivity contribution < 1.29 is 5.11 Å². The zero-order valence-electron chi connectivity index (χ0n) is 5.02. The van der Waals surface area contributed by atoms with Crippen molar-refractivity contribution in [2.45, 2.75) is 37.5 Å². The smallest absolute Gasteiger partial charge is 0.0787 e. The number of nitrogens with one attached hydrogen (secondary N) is 1. The predicted molar refractivity (Wildman–Crippen MR) is 30.6 cm³/mol. The molecule has 0 bridgehead atoms. The van der Waals surface area contributed by atoms with Gasteiger partial charge in [-0.3, -0.25) is 0 Å². The molecule has 3 atom stereocenters. The second-order valence-corrected chi connectivity index (χ2v) is 3.15. The topological polar surface area (TPSA) is 42.2 Å². The Kier molecular flexibility index (Phi) is 0.649. The van der Waals surface area contributed by atoms with Crippen LogP contribution in [0.25, 0.3) is 0 Å². The van der Waals surface area contributed by atoms with Crippen molar-refractivity contribution in [3.8, 4) is 0 Å². The summed E-state index contributed by atoms with van der Waals surface area (Å²) in [5.41, 5.74) is -0.384. The fraction of sp³-hybridized carbons (Fsp3) is 1.00. The molecule has 2 aliphatic rings. The first-order valence-electron chi connectivity index (χ1n) is 3.18. The molecule has 0 unspecified atom stereocenters. The van der Waals surface area contributed by atoms with E-state index in [9.17, 15) is 5.11 Å². The highest BCUT2D eigenvalue weighted by Gasteiger charge is 2.54. The van der Waals surface area contributed by atoms with Crippen molar-refractivity contribution >= 4 is 0 Å². The van der Waals surface area contributed by atoms with Crippen molar-refractivity contribution in [3.05, 3.63) is 0 Å². The summed E-state index contributed by atoms with van der Waals surface area (Å²) in [7, 11) is 0. The van der Waals surface area contributed by atoms with Crippen LogP contribution in [0.5, 0.6) is 0 Å². The van der Waals surface area contributed by atoms with Gasteiger partial charge in [-0.2, -0.15) is 0 Å². The van der Waals surface area contributed by atoms with Crippen LogP contribution >= 0.6 is 0 Å². The summed E-state index contributed by atoms with van der Waals surface area (Å²) in [5.74, 6) is 0. The van der Waals surface area contributed by atoms with E-state index < -0.39 is 0 Å². The average Bonchev–Trinajstić information content (AvgIpc) is 2.34. The minimum atomic E-state index is -0.384. The van der Waals surface area contributed by atoms with E-state index in [2.05, 4.69) is 5.32 Å². The van der Waals surface area contributed by atoms with E-state index in [1.807, 2.05) is 6.92 Å². The minimum absolute atomic E-state index is 0.384. The van der Waals surface area contributed by atoms with Gasteiger partial charge in [0.05, 0.1) is 11.6 Å². The van der Waals surface area contributed by atoms with Crippen molar-refractivity contribution in [2.24, 2.45) is 0 Å². The van der Waals surface area contributed by atoms with Crippen LogP contribution in [0.2, 0.25) is 0 Å². The van der Waals surface area contributed by atoms with Gasteiger partial charge < -0.3 is 10.4 Å². The molecular weight excluding hydrogens is 102 g/mol. The van der Waals surface area contributed by atoms with Crippen LogP contribution in [0.4, 0.5) is 0 Å². The number of hydrogen-bond donors (Lipinski definition) is 2. The SMILES string of the molecule is C[C@]1(O)CC[C@@H]2N[C@@H]21. The largest absolute Gasteiger partial charge is 0.388 e. The number of piperidine rings is 1. The molecule has 2 fully saturated rings. The lowest BCUT2D eigenvalue weighted by molar-refractivity contribution is 0.0625. The molecule has 2 N–H and O–H groups in total. The van der Waals surface area contributed by atoms with Crippen molar-refractivity contribution in [3.63, 3.8) is 0 Å². The summed E-state index contributed by atoms with van der Waals surface area (Å²) in [6.07, 6.45) is 2.15. The fourth-order valence-corrected chi connectivity index (χ4v) is 1.64. The Morgan fingerprint density at radius 3 is 2.62 bits per heavy atom. The van der Waals surface area contributed by atoms with Crippen LogP contribution < -0.4 is 5.32 Å². The standard InChI is InChI=1S/C6H11NO/c1-6(8)3-2-4-5(6)7-4/h4-5,7-8H,2-3H2,1H3/t4-,5-,6-/m0/s1. The molecule has 0 aromatic carbocycles. The predicted octanol–water partition coefficient (Wildman–Crippen LogP) is -0.128. The Morgan fingerprint density at radius 1 is 1.75 bits per heavy atom. The highest BCUT2D eigenvalue weighted by Crippen LogP contribution is 2.38. The van der Waals surface area contributed by atoms with Gasteiger partial charge in [0, 0.05) is 6.04 Å². The Balaban J connectivity index is 2.17. The molecule has 0 aromatic heterocycles. The summed E-state index contributed by atoms with van der Waals surface area (Å²) >= 11 is 0. The van der Waals surface area contributed by atoms with Gasteiger partial charge in [0.15, 0.2) is 0 Å². The van der Waals surface area contributed by atoms with Gasteiger partial charge in [0.1, 0.15) is 0 Å². The third-order valence-corrected chi connectivity index (χ3v) is 2.32. The Labute approximate surface area is 48.9 Å². The first-order valence-corrected chi connectivity index (χ1v) is 3.18. The molecule has 2 heteroatoms. The normalized spacial score (nSPS) is 60.8. The monoisotopic (exact) mass is 113 g/mol. The lowest BCUT2D eigenvalue weighted by atomic mass is 10.1. The molecule has 1 aliphatic carbocycles. The van der Waals surface area contributed by atoms with Gasteiger partial charge in [-0.25, -0.2) is 0 Å². The van der Waals surface area contributed by atoms with Crippen LogP contribution in [0.3, 0.4) is 0 Å². The zero-order valence-corrected chi connectivity index (χ0v) is 5.02. The minimum Gasteiger partial charge on any atom is -0.388 e. The quantitative estimate of drug-likeness (QED) is 0.430. The second kappa shape index (κ2) is 1.09. The van der Waals surface area contributed by atoms with Crippen LogP contribution in [0.1, 0.15) is 19.8 Å². The molecule has 0 amide bonds. The van der Waals surface area contributed by atoms with E-state index in [-0.39, 0.29) is 5.60 Å². The number of aliphatic hydroxyl groups is 1. The van der Waals surface area contributed by atoms with E-state index >= 15 is 0 Å². The lowest BCUT2D eigenvalue weighted by Gasteiger charge is -2.16. The number of hydrogen-bond acceptors (Lipinski definition) is 2. The lowest BCUT2D eigenvalue weighted by Crippen LogP contribution is -2.29. The van der Waals surface area contributed by atoms with Crippen molar-refractivity contribution in [2.75, 3.05) is 0 Å². The van der Waals surface area contributed by atoms with Gasteiger partial charge in [-0.05, 0) is 19.8 Å². The van der Waals surface area contributed by atoms with E-state index in [4.69, 9.17) is 0 Å². The van der Waals surface area contributed by atoms with E-state index in [0.29, 0.717) is 12.1 Å². The molecule has 1 heterocycles. The molecule has 0 radical (unpaired) electrons. The van der Waals surface area contributed by atoms with E-state index in [1.165, 1.54) is 0 Å². The third kappa shape index (κ3) is 0.446. The van der Waals surface area contributed by atoms with Gasteiger partial charge in [0.25, 0.3) is 0 Å². The number of rotatable bonds is 0. The summed E-state index contributed by atoms with van der Waals surface area (Å²) in [6, 6.07) is 1.09. The maximum atomic E-state index is 9.44. The molecule has 1 aliphatic heterocycles. The Morgan fingerprint density at radius 2 is 2.50 bits per heavy atom. The van der Waals surface area contributed by atoms with Crippen LogP contribution in [-0.2, 0) is 0 Å². The Bertz CT molecular complexity index is 122. The van der Waals surface area contributed by atoms with Crippen LogP contribution in [0, 0.1) is 0 Å². The first-order chi connectivity index (χ1) is 3.70. The molecule has 0 spiro atoms.